The van der Waals surface area contributed by atoms with E-state index in [4.69, 9.17) is 9.15 Å². The highest BCUT2D eigenvalue weighted by molar-refractivity contribution is 5.99. The van der Waals surface area contributed by atoms with Crippen LogP contribution < -0.4 is 0 Å². The first-order chi connectivity index (χ1) is 11.0. The first-order valence-corrected chi connectivity index (χ1v) is 7.89. The van der Waals surface area contributed by atoms with E-state index in [0.717, 1.165) is 28.5 Å². The summed E-state index contributed by atoms with van der Waals surface area (Å²) >= 11 is 0. The fourth-order valence-corrected chi connectivity index (χ4v) is 3.44. The lowest BCUT2D eigenvalue weighted by Gasteiger charge is -2.25. The SMILES string of the molecule is COCC1(CO)CCN(C(=O)c2oc3c(C)cccc3c2C)C1. The van der Waals surface area contributed by atoms with Crippen LogP contribution in [0.4, 0.5) is 0 Å². The Hall–Kier alpha value is -1.85. The Labute approximate surface area is 135 Å². The fourth-order valence-electron chi connectivity index (χ4n) is 3.44. The van der Waals surface area contributed by atoms with Gasteiger partial charge in [0.25, 0.3) is 5.91 Å². The predicted molar refractivity (Wildman–Crippen MR) is 87.6 cm³/mol. The zero-order chi connectivity index (χ0) is 16.6. The van der Waals surface area contributed by atoms with Crippen molar-refractivity contribution in [3.8, 4) is 0 Å². The number of nitrogens with zero attached hydrogens (tertiary/aromatic N) is 1. The lowest BCUT2D eigenvalue weighted by atomic mass is 9.89. The molecule has 2 heterocycles. The van der Waals surface area contributed by atoms with Crippen LogP contribution in [0.1, 0.15) is 28.1 Å². The lowest BCUT2D eigenvalue weighted by molar-refractivity contribution is 0.0338. The topological polar surface area (TPSA) is 62.9 Å². The zero-order valence-electron chi connectivity index (χ0n) is 13.9. The molecular formula is C18H23NO4. The minimum atomic E-state index is -0.361. The first-order valence-electron chi connectivity index (χ1n) is 7.89. The van der Waals surface area contributed by atoms with Crippen molar-refractivity contribution in [2.45, 2.75) is 20.3 Å². The van der Waals surface area contributed by atoms with Gasteiger partial charge in [0.2, 0.25) is 0 Å². The normalized spacial score (nSPS) is 21.3. The molecule has 1 aliphatic heterocycles. The number of benzene rings is 1. The maximum atomic E-state index is 12.9. The minimum absolute atomic E-state index is 0.0167. The number of aliphatic hydroxyl groups is 1. The number of rotatable bonds is 4. The summed E-state index contributed by atoms with van der Waals surface area (Å²) in [6, 6.07) is 5.93. The molecule has 23 heavy (non-hydrogen) atoms. The summed E-state index contributed by atoms with van der Waals surface area (Å²) < 4.78 is 11.1. The van der Waals surface area contributed by atoms with Crippen LogP contribution in [0, 0.1) is 19.3 Å². The number of amides is 1. The highest BCUT2D eigenvalue weighted by Gasteiger charge is 2.41. The van der Waals surface area contributed by atoms with Gasteiger partial charge in [0.05, 0.1) is 13.2 Å². The van der Waals surface area contributed by atoms with Gasteiger partial charge in [-0.05, 0) is 25.8 Å². The quantitative estimate of drug-likeness (QED) is 0.941. The molecule has 0 saturated carbocycles. The number of carbonyl (C=O) groups is 1. The number of carbonyl (C=O) groups excluding carboxylic acids is 1. The Morgan fingerprint density at radius 1 is 1.43 bits per heavy atom. The molecule has 1 fully saturated rings. The van der Waals surface area contributed by atoms with Gasteiger partial charge in [0.15, 0.2) is 5.76 Å². The van der Waals surface area contributed by atoms with Crippen molar-refractivity contribution in [3.63, 3.8) is 0 Å². The molecule has 0 aliphatic carbocycles. The Kier molecular flexibility index (Phi) is 4.17. The molecule has 1 aromatic heterocycles. The average molecular weight is 317 g/mol. The Balaban J connectivity index is 1.90. The summed E-state index contributed by atoms with van der Waals surface area (Å²) in [5.41, 5.74) is 2.32. The number of fused-ring (bicyclic) bond motifs is 1. The van der Waals surface area contributed by atoms with Crippen LogP contribution in [0.3, 0.4) is 0 Å². The van der Waals surface area contributed by atoms with Gasteiger partial charge in [-0.3, -0.25) is 4.79 Å². The summed E-state index contributed by atoms with van der Waals surface area (Å²) in [4.78, 5) is 14.6. The largest absolute Gasteiger partial charge is 0.450 e. The molecule has 0 spiro atoms. The van der Waals surface area contributed by atoms with E-state index in [1.165, 1.54) is 0 Å². The molecule has 5 nitrogen and oxygen atoms in total. The first kappa shape index (κ1) is 16.0. The highest BCUT2D eigenvalue weighted by atomic mass is 16.5. The van der Waals surface area contributed by atoms with Gasteiger partial charge in [-0.15, -0.1) is 0 Å². The van der Waals surface area contributed by atoms with Gasteiger partial charge in [0, 0.05) is 36.6 Å². The van der Waals surface area contributed by atoms with Crippen molar-refractivity contribution >= 4 is 16.9 Å². The number of para-hydroxylation sites is 1. The van der Waals surface area contributed by atoms with Crippen LogP contribution in [-0.4, -0.2) is 49.3 Å². The second-order valence-corrected chi connectivity index (χ2v) is 6.58. The van der Waals surface area contributed by atoms with Crippen molar-refractivity contribution < 1.29 is 19.1 Å². The third kappa shape index (κ3) is 2.64. The van der Waals surface area contributed by atoms with Crippen LogP contribution in [0.2, 0.25) is 0 Å². The molecule has 1 unspecified atom stereocenters. The van der Waals surface area contributed by atoms with E-state index in [-0.39, 0.29) is 17.9 Å². The van der Waals surface area contributed by atoms with Crippen molar-refractivity contribution in [1.82, 2.24) is 4.90 Å². The van der Waals surface area contributed by atoms with Crippen molar-refractivity contribution in [2.24, 2.45) is 5.41 Å². The number of aryl methyl sites for hydroxylation is 2. The summed E-state index contributed by atoms with van der Waals surface area (Å²) in [7, 11) is 1.62. The van der Waals surface area contributed by atoms with Crippen molar-refractivity contribution in [1.29, 1.82) is 0 Å². The Morgan fingerprint density at radius 3 is 2.87 bits per heavy atom. The Morgan fingerprint density at radius 2 is 2.22 bits per heavy atom. The van der Waals surface area contributed by atoms with Gasteiger partial charge in [0.1, 0.15) is 5.58 Å². The zero-order valence-corrected chi connectivity index (χ0v) is 13.9. The van der Waals surface area contributed by atoms with Gasteiger partial charge in [-0.2, -0.15) is 0 Å². The van der Waals surface area contributed by atoms with E-state index in [9.17, 15) is 9.90 Å². The van der Waals surface area contributed by atoms with Crippen LogP contribution in [-0.2, 0) is 4.74 Å². The molecular weight excluding hydrogens is 294 g/mol. The molecule has 0 radical (unpaired) electrons. The van der Waals surface area contributed by atoms with Crippen LogP contribution in [0.5, 0.6) is 0 Å². The Bertz CT molecular complexity index is 736. The standard InChI is InChI=1S/C18H23NO4/c1-12-5-4-6-14-13(2)16(23-15(12)14)17(21)19-8-7-18(9-19,10-20)11-22-3/h4-6,20H,7-11H2,1-3H3. The average Bonchev–Trinajstić information content (AvgIpc) is 3.11. The van der Waals surface area contributed by atoms with E-state index in [1.807, 2.05) is 32.0 Å². The second-order valence-electron chi connectivity index (χ2n) is 6.58. The summed E-state index contributed by atoms with van der Waals surface area (Å²) in [5.74, 6) is 0.296. The van der Waals surface area contributed by atoms with Gasteiger partial charge in [-0.1, -0.05) is 18.2 Å². The molecule has 5 heteroatoms. The van der Waals surface area contributed by atoms with Gasteiger partial charge >= 0.3 is 0 Å². The van der Waals surface area contributed by atoms with E-state index < -0.39 is 0 Å². The number of hydrogen-bond donors (Lipinski definition) is 1. The van der Waals surface area contributed by atoms with Gasteiger partial charge < -0.3 is 19.2 Å². The number of likely N-dealkylation sites (tertiary alicyclic amines) is 1. The minimum Gasteiger partial charge on any atom is -0.450 e. The smallest absolute Gasteiger partial charge is 0.289 e. The van der Waals surface area contributed by atoms with E-state index >= 15 is 0 Å². The van der Waals surface area contributed by atoms with Crippen LogP contribution in [0.25, 0.3) is 11.0 Å². The number of methoxy groups -OCH3 is 1. The van der Waals surface area contributed by atoms with Crippen molar-refractivity contribution in [2.75, 3.05) is 33.4 Å². The van der Waals surface area contributed by atoms with Crippen molar-refractivity contribution in [3.05, 3.63) is 35.1 Å². The highest BCUT2D eigenvalue weighted by Crippen LogP contribution is 2.34. The number of furan rings is 1. The third-order valence-corrected chi connectivity index (χ3v) is 4.87. The van der Waals surface area contributed by atoms with E-state index in [0.29, 0.717) is 25.5 Å². The van der Waals surface area contributed by atoms with E-state index in [1.54, 1.807) is 12.0 Å². The number of aliphatic hydroxyl groups excluding tert-OH is 1. The third-order valence-electron chi connectivity index (χ3n) is 4.87. The molecule has 1 N–H and O–H groups in total. The molecule has 1 saturated heterocycles. The number of ether oxygens (including phenoxy) is 1. The number of hydrogen-bond acceptors (Lipinski definition) is 4. The molecule has 3 rings (SSSR count). The molecule has 124 valence electrons. The molecule has 2 aromatic rings. The predicted octanol–water partition coefficient (Wildman–Crippen LogP) is 2.52. The molecule has 1 aliphatic rings. The summed E-state index contributed by atoms with van der Waals surface area (Å²) in [5, 5.41) is 10.7. The van der Waals surface area contributed by atoms with E-state index in [2.05, 4.69) is 0 Å². The maximum absolute atomic E-state index is 12.9. The molecule has 1 aromatic carbocycles. The summed E-state index contributed by atoms with van der Waals surface area (Å²) in [6.07, 6.45) is 0.737. The second kappa shape index (κ2) is 5.98. The molecule has 1 amide bonds. The molecule has 0 bridgehead atoms. The van der Waals surface area contributed by atoms with Gasteiger partial charge in [-0.25, -0.2) is 0 Å². The monoisotopic (exact) mass is 317 g/mol. The van der Waals surface area contributed by atoms with Crippen LogP contribution >= 0.6 is 0 Å². The summed E-state index contributed by atoms with van der Waals surface area (Å²) in [6.45, 7) is 5.46. The van der Waals surface area contributed by atoms with Crippen LogP contribution in [0.15, 0.2) is 22.6 Å². The lowest BCUT2D eigenvalue weighted by Crippen LogP contribution is -2.36. The molecule has 1 atom stereocenters. The fraction of sp³-hybridized carbons (Fsp3) is 0.500. The maximum Gasteiger partial charge on any atom is 0.289 e.